The number of benzene rings is 2. The van der Waals surface area contributed by atoms with Crippen molar-refractivity contribution in [1.29, 1.82) is 0 Å². The molecule has 26 heavy (non-hydrogen) atoms. The van der Waals surface area contributed by atoms with Gasteiger partial charge in [-0.1, -0.05) is 12.1 Å². The van der Waals surface area contributed by atoms with Gasteiger partial charge in [-0.05, 0) is 67.0 Å². The van der Waals surface area contributed by atoms with Gasteiger partial charge in [-0.2, -0.15) is 0 Å². The Kier molecular flexibility index (Phi) is 4.27. The Labute approximate surface area is 151 Å². The van der Waals surface area contributed by atoms with Gasteiger partial charge in [0.05, 0.1) is 0 Å². The molecule has 2 aromatic carbocycles. The molecule has 1 saturated carbocycles. The van der Waals surface area contributed by atoms with Gasteiger partial charge in [0.2, 0.25) is 0 Å². The van der Waals surface area contributed by atoms with E-state index in [1.807, 2.05) is 0 Å². The van der Waals surface area contributed by atoms with Gasteiger partial charge in [0.25, 0.3) is 5.91 Å². The Morgan fingerprint density at radius 1 is 1.08 bits per heavy atom. The van der Waals surface area contributed by atoms with Crippen LogP contribution in [0.5, 0.6) is 0 Å². The van der Waals surface area contributed by atoms with Gasteiger partial charge < -0.3 is 10.6 Å². The average molecular weight is 356 g/mol. The molecular formula is C21H22F2N2O. The molecule has 1 saturated heterocycles. The second-order valence-corrected chi connectivity index (χ2v) is 7.53. The van der Waals surface area contributed by atoms with Crippen molar-refractivity contribution in [2.45, 2.75) is 25.8 Å². The Morgan fingerprint density at radius 2 is 1.85 bits per heavy atom. The number of fused-ring (bicyclic) bond motifs is 1. The van der Waals surface area contributed by atoms with Crippen LogP contribution >= 0.6 is 0 Å². The molecule has 3 nitrogen and oxygen atoms in total. The second kappa shape index (κ2) is 6.47. The number of rotatable bonds is 2. The lowest BCUT2D eigenvalue weighted by atomic mass is 9.98. The van der Waals surface area contributed by atoms with Crippen LogP contribution < -0.4 is 5.73 Å². The summed E-state index contributed by atoms with van der Waals surface area (Å²) in [5.74, 6) is -0.129. The lowest BCUT2D eigenvalue weighted by Gasteiger charge is -2.19. The van der Waals surface area contributed by atoms with E-state index in [1.54, 1.807) is 30.0 Å². The minimum atomic E-state index is -0.471. The summed E-state index contributed by atoms with van der Waals surface area (Å²) in [4.78, 5) is 14.6. The molecule has 2 aromatic rings. The van der Waals surface area contributed by atoms with E-state index in [2.05, 4.69) is 0 Å². The third-order valence-corrected chi connectivity index (χ3v) is 5.89. The third kappa shape index (κ3) is 2.90. The molecule has 5 heteroatoms. The molecule has 0 aromatic heterocycles. The van der Waals surface area contributed by atoms with Crippen molar-refractivity contribution >= 4 is 5.91 Å². The summed E-state index contributed by atoms with van der Waals surface area (Å²) in [6.07, 6.45) is 2.09. The number of hydrogen-bond acceptors (Lipinski definition) is 2. The minimum absolute atomic E-state index is 0.145. The summed E-state index contributed by atoms with van der Waals surface area (Å²) in [6.45, 7) is 3.10. The molecular weight excluding hydrogens is 334 g/mol. The topological polar surface area (TPSA) is 46.3 Å². The Morgan fingerprint density at radius 3 is 2.54 bits per heavy atom. The second-order valence-electron chi connectivity index (χ2n) is 7.53. The summed E-state index contributed by atoms with van der Waals surface area (Å²) < 4.78 is 28.0. The van der Waals surface area contributed by atoms with Crippen LogP contribution in [0.1, 0.15) is 28.8 Å². The number of hydrogen-bond donors (Lipinski definition) is 1. The maximum Gasteiger partial charge on any atom is 0.253 e. The molecule has 3 atom stereocenters. The quantitative estimate of drug-likeness (QED) is 0.891. The molecule has 3 unspecified atom stereocenters. The maximum atomic E-state index is 14.7. The first-order chi connectivity index (χ1) is 12.4. The number of likely N-dealkylation sites (tertiary alicyclic amines) is 1. The van der Waals surface area contributed by atoms with Crippen molar-refractivity contribution in [3.8, 4) is 11.1 Å². The molecule has 0 radical (unpaired) electrons. The Balaban J connectivity index is 1.57. The molecule has 2 fully saturated rings. The SMILES string of the molecule is Cc1cc(F)ccc1-c1ccc(C(=O)N2CC3CCC(N)C3C2)cc1F. The molecule has 1 aliphatic carbocycles. The van der Waals surface area contributed by atoms with Crippen molar-refractivity contribution in [3.63, 3.8) is 0 Å². The van der Waals surface area contributed by atoms with Gasteiger partial charge in [0, 0.05) is 30.3 Å². The molecule has 0 spiro atoms. The zero-order chi connectivity index (χ0) is 18.4. The molecule has 1 amide bonds. The van der Waals surface area contributed by atoms with Crippen molar-refractivity contribution in [3.05, 3.63) is 59.2 Å². The highest BCUT2D eigenvalue weighted by Crippen LogP contribution is 2.37. The highest BCUT2D eigenvalue weighted by atomic mass is 19.1. The number of carbonyl (C=O) groups is 1. The van der Waals surface area contributed by atoms with Crippen molar-refractivity contribution < 1.29 is 13.6 Å². The van der Waals surface area contributed by atoms with Crippen molar-refractivity contribution in [2.75, 3.05) is 13.1 Å². The number of nitrogens with zero attached hydrogens (tertiary/aromatic N) is 1. The van der Waals surface area contributed by atoms with Crippen LogP contribution in [0.4, 0.5) is 8.78 Å². The van der Waals surface area contributed by atoms with E-state index in [4.69, 9.17) is 5.73 Å². The number of aryl methyl sites for hydroxylation is 1. The largest absolute Gasteiger partial charge is 0.338 e. The molecule has 2 aliphatic rings. The van der Waals surface area contributed by atoms with E-state index in [9.17, 15) is 13.6 Å². The fourth-order valence-electron chi connectivity index (χ4n) is 4.45. The summed E-state index contributed by atoms with van der Waals surface area (Å²) in [6, 6.07) is 8.96. The lowest BCUT2D eigenvalue weighted by Crippen LogP contribution is -2.33. The smallest absolute Gasteiger partial charge is 0.253 e. The summed E-state index contributed by atoms with van der Waals surface area (Å²) in [5, 5.41) is 0. The predicted molar refractivity (Wildman–Crippen MR) is 96.6 cm³/mol. The highest BCUT2D eigenvalue weighted by molar-refractivity contribution is 5.95. The Bertz CT molecular complexity index is 867. The van der Waals surface area contributed by atoms with E-state index in [0.29, 0.717) is 47.2 Å². The highest BCUT2D eigenvalue weighted by Gasteiger charge is 2.42. The molecule has 0 bridgehead atoms. The van der Waals surface area contributed by atoms with Gasteiger partial charge in [0.15, 0.2) is 0 Å². The van der Waals surface area contributed by atoms with Gasteiger partial charge in [-0.3, -0.25) is 4.79 Å². The first-order valence-electron chi connectivity index (χ1n) is 9.05. The fourth-order valence-corrected chi connectivity index (χ4v) is 4.45. The summed E-state index contributed by atoms with van der Waals surface area (Å²) in [5.41, 5.74) is 8.14. The third-order valence-electron chi connectivity index (χ3n) is 5.89. The van der Waals surface area contributed by atoms with Gasteiger partial charge in [-0.15, -0.1) is 0 Å². The van der Waals surface area contributed by atoms with Crippen LogP contribution in [0, 0.1) is 30.4 Å². The number of carbonyl (C=O) groups excluding carboxylic acids is 1. The maximum absolute atomic E-state index is 14.7. The molecule has 136 valence electrons. The summed E-state index contributed by atoms with van der Waals surface area (Å²) >= 11 is 0. The van der Waals surface area contributed by atoms with Crippen LogP contribution in [0.15, 0.2) is 36.4 Å². The van der Waals surface area contributed by atoms with E-state index in [-0.39, 0.29) is 17.8 Å². The number of amides is 1. The van der Waals surface area contributed by atoms with Crippen LogP contribution in [0.2, 0.25) is 0 Å². The number of halogens is 2. The molecule has 4 rings (SSSR count). The van der Waals surface area contributed by atoms with E-state index in [0.717, 1.165) is 12.8 Å². The van der Waals surface area contributed by atoms with Gasteiger partial charge >= 0.3 is 0 Å². The first-order valence-corrected chi connectivity index (χ1v) is 9.05. The van der Waals surface area contributed by atoms with Crippen LogP contribution in [0.3, 0.4) is 0 Å². The molecule has 2 N–H and O–H groups in total. The van der Waals surface area contributed by atoms with Crippen molar-refractivity contribution in [1.82, 2.24) is 4.90 Å². The predicted octanol–water partition coefficient (Wildman–Crippen LogP) is 3.75. The first kappa shape index (κ1) is 17.2. The van der Waals surface area contributed by atoms with Crippen LogP contribution in [-0.4, -0.2) is 29.9 Å². The number of nitrogens with two attached hydrogens (primary N) is 1. The van der Waals surface area contributed by atoms with Crippen LogP contribution in [-0.2, 0) is 0 Å². The Hall–Kier alpha value is -2.27. The van der Waals surface area contributed by atoms with E-state index in [1.165, 1.54) is 18.2 Å². The lowest BCUT2D eigenvalue weighted by molar-refractivity contribution is 0.0779. The van der Waals surface area contributed by atoms with Gasteiger partial charge in [-0.25, -0.2) is 8.78 Å². The normalized spacial score (nSPS) is 24.8. The molecule has 1 heterocycles. The standard InChI is InChI=1S/C21H22F2N2O/c1-12-8-15(22)4-6-16(12)17-5-2-13(9-19(17)23)21(26)25-10-14-3-7-20(24)18(14)11-25/h2,4-6,8-9,14,18,20H,3,7,10-11,24H2,1H3. The monoisotopic (exact) mass is 356 g/mol. The fraction of sp³-hybridized carbons (Fsp3) is 0.381. The van der Waals surface area contributed by atoms with Gasteiger partial charge in [0.1, 0.15) is 11.6 Å². The summed E-state index contributed by atoms with van der Waals surface area (Å²) in [7, 11) is 0. The van der Waals surface area contributed by atoms with E-state index >= 15 is 0 Å². The van der Waals surface area contributed by atoms with Crippen molar-refractivity contribution in [2.24, 2.45) is 17.6 Å². The average Bonchev–Trinajstić information content (AvgIpc) is 3.17. The minimum Gasteiger partial charge on any atom is -0.338 e. The zero-order valence-corrected chi connectivity index (χ0v) is 14.7. The molecule has 1 aliphatic heterocycles. The van der Waals surface area contributed by atoms with E-state index < -0.39 is 5.82 Å². The van der Waals surface area contributed by atoms with Crippen LogP contribution in [0.25, 0.3) is 11.1 Å². The zero-order valence-electron chi connectivity index (χ0n) is 14.7.